The van der Waals surface area contributed by atoms with Crippen molar-refractivity contribution in [3.63, 3.8) is 0 Å². The van der Waals surface area contributed by atoms with Crippen molar-refractivity contribution in [3.8, 4) is 17.6 Å². The molecule has 8 heteroatoms. The van der Waals surface area contributed by atoms with Crippen LogP contribution in [0, 0.1) is 11.3 Å². The molecule has 0 saturated carbocycles. The topological polar surface area (TPSA) is 99.9 Å². The summed E-state index contributed by atoms with van der Waals surface area (Å²) in [6, 6.07) is 19.1. The minimum atomic E-state index is -0.940. The molecule has 4 rings (SSSR count). The zero-order chi connectivity index (χ0) is 25.8. The van der Waals surface area contributed by atoms with Gasteiger partial charge in [-0.15, -0.1) is 0 Å². The van der Waals surface area contributed by atoms with Crippen LogP contribution in [0.3, 0.4) is 0 Å². The van der Waals surface area contributed by atoms with Gasteiger partial charge in [0.2, 0.25) is 0 Å². The number of anilines is 1. The van der Waals surface area contributed by atoms with Crippen LogP contribution in [0.5, 0.6) is 11.5 Å². The van der Waals surface area contributed by atoms with E-state index in [1.54, 1.807) is 60.7 Å². The molecule has 1 heterocycles. The molecule has 3 aromatic rings. The van der Waals surface area contributed by atoms with Crippen LogP contribution in [0.2, 0.25) is 5.02 Å². The molecule has 0 spiro atoms. The van der Waals surface area contributed by atoms with Crippen molar-refractivity contribution in [2.75, 3.05) is 18.6 Å². The van der Waals surface area contributed by atoms with Gasteiger partial charge >= 0.3 is 0 Å². The maximum atomic E-state index is 13.3. The number of methoxy groups -OCH3 is 1. The van der Waals surface area contributed by atoms with Gasteiger partial charge in [0.1, 0.15) is 17.3 Å². The number of nitrogens with zero attached hydrogens (tertiary/aromatic N) is 2. The van der Waals surface area contributed by atoms with E-state index in [0.717, 1.165) is 6.42 Å². The minimum Gasteiger partial charge on any atom is -0.507 e. The van der Waals surface area contributed by atoms with E-state index in [1.165, 1.54) is 18.1 Å². The van der Waals surface area contributed by atoms with Gasteiger partial charge in [-0.2, -0.15) is 5.26 Å². The maximum absolute atomic E-state index is 13.3. The van der Waals surface area contributed by atoms with Crippen LogP contribution in [0.4, 0.5) is 5.69 Å². The smallest absolute Gasteiger partial charge is 0.300 e. The highest BCUT2D eigenvalue weighted by molar-refractivity contribution is 6.51. The van der Waals surface area contributed by atoms with Gasteiger partial charge in [0.25, 0.3) is 11.7 Å². The van der Waals surface area contributed by atoms with Crippen LogP contribution in [0.1, 0.15) is 36.1 Å². The lowest BCUT2D eigenvalue weighted by molar-refractivity contribution is -0.132. The maximum Gasteiger partial charge on any atom is 0.300 e. The standard InChI is InChI=1S/C28H23ClN2O5/c1-3-13-36-21-6-4-5-18(14-21)25-24(26(32)19-9-12-22(29)23(15-19)35-2)27(33)28(34)31(25)20-10-7-17(16-30)8-11-20/h4-12,14-15,25,32H,3,13H2,1-2H3/b26-24-. The van der Waals surface area contributed by atoms with Crippen LogP contribution in [0.15, 0.2) is 72.3 Å². The third-order valence-electron chi connectivity index (χ3n) is 5.79. The van der Waals surface area contributed by atoms with Gasteiger partial charge < -0.3 is 14.6 Å². The lowest BCUT2D eigenvalue weighted by Gasteiger charge is -2.26. The predicted molar refractivity (Wildman–Crippen MR) is 136 cm³/mol. The number of halogens is 1. The summed E-state index contributed by atoms with van der Waals surface area (Å²) in [6.45, 7) is 2.49. The molecule has 0 radical (unpaired) electrons. The molecule has 1 aliphatic heterocycles. The number of hydrogen-bond donors (Lipinski definition) is 1. The van der Waals surface area contributed by atoms with Gasteiger partial charge in [-0.1, -0.05) is 30.7 Å². The number of nitriles is 1. The second kappa shape index (κ2) is 10.5. The van der Waals surface area contributed by atoms with Crippen LogP contribution in [-0.4, -0.2) is 30.5 Å². The molecule has 1 unspecified atom stereocenters. The molecule has 3 aromatic carbocycles. The van der Waals surface area contributed by atoms with Crippen molar-refractivity contribution in [1.82, 2.24) is 0 Å². The quantitative estimate of drug-likeness (QED) is 0.255. The van der Waals surface area contributed by atoms with E-state index in [2.05, 4.69) is 0 Å². The van der Waals surface area contributed by atoms with Gasteiger partial charge in [0.05, 0.1) is 42.0 Å². The molecular weight excluding hydrogens is 480 g/mol. The van der Waals surface area contributed by atoms with Gasteiger partial charge in [-0.25, -0.2) is 0 Å². The average molecular weight is 503 g/mol. The second-order valence-electron chi connectivity index (χ2n) is 8.10. The first-order valence-electron chi connectivity index (χ1n) is 11.3. The third-order valence-corrected chi connectivity index (χ3v) is 6.10. The molecule has 1 amide bonds. The Kier molecular flexibility index (Phi) is 7.28. The largest absolute Gasteiger partial charge is 0.507 e. The summed E-state index contributed by atoms with van der Waals surface area (Å²) in [7, 11) is 1.44. The molecule has 1 fully saturated rings. The number of amides is 1. The van der Waals surface area contributed by atoms with E-state index in [4.69, 9.17) is 26.3 Å². The number of benzene rings is 3. The summed E-state index contributed by atoms with van der Waals surface area (Å²) >= 11 is 6.14. The predicted octanol–water partition coefficient (Wildman–Crippen LogP) is 5.64. The van der Waals surface area contributed by atoms with E-state index < -0.39 is 17.7 Å². The molecule has 0 aliphatic carbocycles. The van der Waals surface area contributed by atoms with Gasteiger partial charge in [0, 0.05) is 11.3 Å². The van der Waals surface area contributed by atoms with E-state index >= 15 is 0 Å². The van der Waals surface area contributed by atoms with E-state index in [0.29, 0.717) is 39.9 Å². The number of aliphatic hydroxyl groups excluding tert-OH is 1. The van der Waals surface area contributed by atoms with Crippen LogP contribution in [-0.2, 0) is 9.59 Å². The van der Waals surface area contributed by atoms with Crippen molar-refractivity contribution in [3.05, 3.63) is 94.0 Å². The Morgan fingerprint density at radius 2 is 1.86 bits per heavy atom. The van der Waals surface area contributed by atoms with Crippen LogP contribution >= 0.6 is 11.6 Å². The number of hydrogen-bond acceptors (Lipinski definition) is 6. The fourth-order valence-electron chi connectivity index (χ4n) is 4.07. The van der Waals surface area contributed by atoms with E-state index in [1.807, 2.05) is 13.0 Å². The number of carbonyl (C=O) groups is 2. The van der Waals surface area contributed by atoms with Gasteiger partial charge in [-0.05, 0) is 66.6 Å². The van der Waals surface area contributed by atoms with Crippen LogP contribution < -0.4 is 14.4 Å². The molecule has 36 heavy (non-hydrogen) atoms. The minimum absolute atomic E-state index is 0.0821. The second-order valence-corrected chi connectivity index (χ2v) is 8.51. The van der Waals surface area contributed by atoms with Gasteiger partial charge in [-0.3, -0.25) is 14.5 Å². The molecule has 0 aromatic heterocycles. The normalized spacial score (nSPS) is 16.6. The summed E-state index contributed by atoms with van der Waals surface area (Å²) in [4.78, 5) is 28.0. The summed E-state index contributed by atoms with van der Waals surface area (Å²) < 4.78 is 11.0. The number of carbonyl (C=O) groups excluding carboxylic acids is 2. The number of ether oxygens (including phenoxy) is 2. The first kappa shape index (κ1) is 24.8. The summed E-state index contributed by atoms with van der Waals surface area (Å²) in [5, 5.41) is 20.8. The number of ketones is 1. The first-order valence-corrected chi connectivity index (χ1v) is 11.6. The lowest BCUT2D eigenvalue weighted by atomic mass is 9.95. The summed E-state index contributed by atoms with van der Waals surface area (Å²) in [6.07, 6.45) is 0.812. The molecule has 1 atom stereocenters. The highest BCUT2D eigenvalue weighted by atomic mass is 35.5. The molecule has 7 nitrogen and oxygen atoms in total. The number of rotatable bonds is 7. The Labute approximate surface area is 213 Å². The van der Waals surface area contributed by atoms with Crippen molar-refractivity contribution >= 4 is 34.7 Å². The zero-order valence-corrected chi connectivity index (χ0v) is 20.5. The monoisotopic (exact) mass is 502 g/mol. The van der Waals surface area contributed by atoms with Crippen molar-refractivity contribution in [2.45, 2.75) is 19.4 Å². The highest BCUT2D eigenvalue weighted by Crippen LogP contribution is 2.43. The zero-order valence-electron chi connectivity index (χ0n) is 19.7. The molecule has 1 saturated heterocycles. The molecule has 1 aliphatic rings. The SMILES string of the molecule is CCCOc1cccc(C2/C(=C(/O)c3ccc(Cl)c(OC)c3)C(=O)C(=O)N2c2ccc(C#N)cc2)c1. The number of Topliss-reactive ketones (excluding diaryl/α,β-unsaturated/α-hetero) is 1. The van der Waals surface area contributed by atoms with E-state index in [-0.39, 0.29) is 16.9 Å². The Morgan fingerprint density at radius 1 is 1.11 bits per heavy atom. The average Bonchev–Trinajstić information content (AvgIpc) is 3.17. The van der Waals surface area contributed by atoms with Crippen molar-refractivity contribution in [2.24, 2.45) is 0 Å². The Morgan fingerprint density at radius 3 is 2.53 bits per heavy atom. The molecule has 1 N–H and O–H groups in total. The fourth-order valence-corrected chi connectivity index (χ4v) is 4.26. The summed E-state index contributed by atoms with van der Waals surface area (Å²) in [5.74, 6) is -1.10. The van der Waals surface area contributed by atoms with Crippen molar-refractivity contribution < 1.29 is 24.2 Å². The Hall–Kier alpha value is -4.28. The van der Waals surface area contributed by atoms with Crippen LogP contribution in [0.25, 0.3) is 5.76 Å². The Bertz CT molecular complexity index is 1390. The Balaban J connectivity index is 1.92. The molecule has 182 valence electrons. The summed E-state index contributed by atoms with van der Waals surface area (Å²) in [5.41, 5.74) is 1.59. The van der Waals surface area contributed by atoms with Gasteiger partial charge in [0.15, 0.2) is 0 Å². The third kappa shape index (κ3) is 4.64. The van der Waals surface area contributed by atoms with Crippen molar-refractivity contribution in [1.29, 1.82) is 5.26 Å². The molecular formula is C28H23ClN2O5. The van der Waals surface area contributed by atoms with E-state index in [9.17, 15) is 14.7 Å². The number of aliphatic hydroxyl groups is 1. The fraction of sp³-hybridized carbons (Fsp3) is 0.179. The first-order chi connectivity index (χ1) is 17.4. The highest BCUT2D eigenvalue weighted by Gasteiger charge is 2.47. The molecule has 0 bridgehead atoms. The lowest BCUT2D eigenvalue weighted by Crippen LogP contribution is -2.29.